The average Bonchev–Trinajstić information content (AvgIpc) is 3.68. The van der Waals surface area contributed by atoms with Gasteiger partial charge in [0.05, 0.1) is 13.2 Å². The summed E-state index contributed by atoms with van der Waals surface area (Å²) in [6.45, 7) is 3.83. The molecule has 0 saturated carbocycles. The van der Waals surface area contributed by atoms with Gasteiger partial charge < -0.3 is 20.1 Å². The zero-order chi connectivity index (χ0) is 64.4. The maximum Gasteiger partial charge on any atom is 0.472 e. The molecule has 0 amide bonds. The lowest BCUT2D eigenvalue weighted by atomic mass is 10.0. The molecular weight excluding hydrogens is 1120 g/mol. The molecular formula is C79H154NO8P. The normalized spacial score (nSPS) is 12.9. The summed E-state index contributed by atoms with van der Waals surface area (Å²) in [7, 11) is -4.39. The third-order valence-corrected chi connectivity index (χ3v) is 19.3. The number of rotatable bonds is 77. The van der Waals surface area contributed by atoms with E-state index in [0.717, 1.165) is 32.1 Å². The van der Waals surface area contributed by atoms with Gasteiger partial charge >= 0.3 is 19.8 Å². The maximum absolute atomic E-state index is 12.8. The summed E-state index contributed by atoms with van der Waals surface area (Å²) in [5.74, 6) is -0.799. The summed E-state index contributed by atoms with van der Waals surface area (Å²) in [5.41, 5.74) is 5.41. The predicted molar refractivity (Wildman–Crippen MR) is 386 cm³/mol. The van der Waals surface area contributed by atoms with Gasteiger partial charge in [-0.1, -0.05) is 385 Å². The Morgan fingerprint density at radius 1 is 0.326 bits per heavy atom. The Morgan fingerprint density at radius 3 is 0.798 bits per heavy atom. The highest BCUT2D eigenvalue weighted by Crippen LogP contribution is 2.43. The highest BCUT2D eigenvalue weighted by Gasteiger charge is 2.26. The van der Waals surface area contributed by atoms with E-state index in [1.807, 2.05) is 0 Å². The van der Waals surface area contributed by atoms with Crippen molar-refractivity contribution < 1.29 is 37.6 Å². The van der Waals surface area contributed by atoms with Crippen LogP contribution in [0.5, 0.6) is 0 Å². The first kappa shape index (κ1) is 87.5. The number of unbranched alkanes of at least 4 members (excludes halogenated alkanes) is 60. The minimum Gasteiger partial charge on any atom is -0.462 e. The molecule has 89 heavy (non-hydrogen) atoms. The summed E-state index contributed by atoms with van der Waals surface area (Å²) in [6, 6.07) is 0. The molecule has 9 nitrogen and oxygen atoms in total. The van der Waals surface area contributed by atoms with E-state index in [1.165, 1.54) is 372 Å². The van der Waals surface area contributed by atoms with Crippen LogP contribution < -0.4 is 5.73 Å². The topological polar surface area (TPSA) is 134 Å². The number of phosphoric ester groups is 1. The molecule has 528 valence electrons. The number of hydrogen-bond acceptors (Lipinski definition) is 8. The van der Waals surface area contributed by atoms with Crippen molar-refractivity contribution in [2.45, 2.75) is 444 Å². The van der Waals surface area contributed by atoms with E-state index in [1.54, 1.807) is 0 Å². The first-order valence-corrected chi connectivity index (χ1v) is 41.3. The summed E-state index contributed by atoms with van der Waals surface area (Å²) in [6.07, 6.45) is 94.7. The van der Waals surface area contributed by atoms with E-state index in [4.69, 9.17) is 24.3 Å². The molecule has 0 saturated heterocycles. The van der Waals surface area contributed by atoms with Crippen LogP contribution in [0.15, 0.2) is 24.3 Å². The maximum atomic E-state index is 12.8. The number of ether oxygens (including phenoxy) is 2. The monoisotopic (exact) mass is 1280 g/mol. The van der Waals surface area contributed by atoms with Gasteiger partial charge in [-0.25, -0.2) is 4.57 Å². The number of nitrogens with two attached hydrogens (primary N) is 1. The minimum atomic E-state index is -4.39. The molecule has 0 bridgehead atoms. The molecule has 0 fully saturated rings. The fourth-order valence-corrected chi connectivity index (χ4v) is 13.2. The summed E-state index contributed by atoms with van der Waals surface area (Å²) < 4.78 is 33.3. The molecule has 0 aliphatic rings. The molecule has 2 atom stereocenters. The van der Waals surface area contributed by atoms with Gasteiger partial charge in [0.15, 0.2) is 6.10 Å². The molecule has 0 aromatic heterocycles. The van der Waals surface area contributed by atoms with Crippen LogP contribution in [0.4, 0.5) is 0 Å². The van der Waals surface area contributed by atoms with Crippen molar-refractivity contribution in [3.8, 4) is 0 Å². The Bertz CT molecular complexity index is 1510. The Balaban J connectivity index is 3.73. The average molecular weight is 1280 g/mol. The number of phosphoric acid groups is 1. The van der Waals surface area contributed by atoms with Gasteiger partial charge in [0.2, 0.25) is 0 Å². The highest BCUT2D eigenvalue weighted by molar-refractivity contribution is 7.47. The van der Waals surface area contributed by atoms with E-state index < -0.39 is 26.5 Å². The van der Waals surface area contributed by atoms with Gasteiger partial charge in [-0.15, -0.1) is 0 Å². The fourth-order valence-electron chi connectivity index (χ4n) is 12.4. The summed E-state index contributed by atoms with van der Waals surface area (Å²) in [4.78, 5) is 35.4. The van der Waals surface area contributed by atoms with Crippen LogP contribution in [0.1, 0.15) is 438 Å². The van der Waals surface area contributed by atoms with E-state index in [2.05, 4.69) is 38.2 Å². The zero-order valence-corrected chi connectivity index (χ0v) is 60.6. The van der Waals surface area contributed by atoms with Crippen LogP contribution in [0.2, 0.25) is 0 Å². The van der Waals surface area contributed by atoms with Crippen LogP contribution in [0, 0.1) is 0 Å². The Kier molecular flexibility index (Phi) is 74.2. The second-order valence-corrected chi connectivity index (χ2v) is 28.7. The molecule has 0 rings (SSSR count). The van der Waals surface area contributed by atoms with E-state index in [9.17, 15) is 19.0 Å². The molecule has 0 heterocycles. The van der Waals surface area contributed by atoms with Gasteiger partial charge in [-0.05, 0) is 64.2 Å². The minimum absolute atomic E-state index is 0.0572. The van der Waals surface area contributed by atoms with Crippen LogP contribution in [0.25, 0.3) is 0 Å². The molecule has 0 radical (unpaired) electrons. The smallest absolute Gasteiger partial charge is 0.462 e. The van der Waals surface area contributed by atoms with Crippen LogP contribution >= 0.6 is 7.82 Å². The second-order valence-electron chi connectivity index (χ2n) is 27.3. The van der Waals surface area contributed by atoms with Crippen molar-refractivity contribution in [2.75, 3.05) is 26.4 Å². The molecule has 0 aliphatic heterocycles. The van der Waals surface area contributed by atoms with Crippen LogP contribution in [-0.4, -0.2) is 49.3 Å². The number of carbonyl (C=O) groups excluding carboxylic acids is 2. The van der Waals surface area contributed by atoms with Gasteiger partial charge in [0.1, 0.15) is 6.61 Å². The third kappa shape index (κ3) is 75.4. The largest absolute Gasteiger partial charge is 0.472 e. The molecule has 2 unspecified atom stereocenters. The molecule has 3 N–H and O–H groups in total. The van der Waals surface area contributed by atoms with Gasteiger partial charge in [-0.3, -0.25) is 18.6 Å². The fraction of sp³-hybridized carbons (Fsp3) is 0.924. The quantitative estimate of drug-likeness (QED) is 0.0264. The van der Waals surface area contributed by atoms with Crippen molar-refractivity contribution in [2.24, 2.45) is 5.73 Å². The molecule has 0 aromatic carbocycles. The lowest BCUT2D eigenvalue weighted by Gasteiger charge is -2.19. The Hall–Kier alpha value is -1.51. The summed E-state index contributed by atoms with van der Waals surface area (Å²) >= 11 is 0. The van der Waals surface area contributed by atoms with E-state index in [-0.39, 0.29) is 38.6 Å². The number of carbonyl (C=O) groups is 2. The number of allylic oxidation sites excluding steroid dienone is 4. The number of esters is 2. The first-order valence-electron chi connectivity index (χ1n) is 39.8. The molecule has 10 heteroatoms. The standard InChI is InChI=1S/C79H154NO8P/c1-3-5-7-9-11-13-15-17-19-21-23-25-27-29-31-33-34-35-36-37-38-39-40-41-42-44-46-48-50-52-54-56-58-60-62-64-66-68-70-72-79(82)88-77(76-87-89(83,84)86-74-73-80)75-85-78(81)71-69-67-65-63-61-59-57-55-53-51-49-47-45-43-32-30-28-26-24-22-20-18-16-14-12-10-8-6-4-2/h21-24,77H,3-20,25-76,80H2,1-2H3,(H,83,84)/b23-21-,24-22-. The second kappa shape index (κ2) is 75.5. The SMILES string of the molecule is CCCCCCCCCC/C=C\CCCCCCCCCCCCCCCCCCCCCCCCCCCCCC(=O)OC(COC(=O)CCCCCCCCCCCCCCCCCCC/C=C\CCCCCCCCCC)COP(=O)(O)OCCN. The predicted octanol–water partition coefficient (Wildman–Crippen LogP) is 26.4. The van der Waals surface area contributed by atoms with Crippen molar-refractivity contribution in [3.63, 3.8) is 0 Å². The number of hydrogen-bond donors (Lipinski definition) is 2. The van der Waals surface area contributed by atoms with Crippen LogP contribution in [0.3, 0.4) is 0 Å². The zero-order valence-electron chi connectivity index (χ0n) is 59.7. The van der Waals surface area contributed by atoms with Crippen molar-refractivity contribution in [1.29, 1.82) is 0 Å². The third-order valence-electron chi connectivity index (χ3n) is 18.3. The van der Waals surface area contributed by atoms with E-state index in [0.29, 0.717) is 6.42 Å². The van der Waals surface area contributed by atoms with Crippen molar-refractivity contribution >= 4 is 19.8 Å². The summed E-state index contributed by atoms with van der Waals surface area (Å²) in [5, 5.41) is 0. The van der Waals surface area contributed by atoms with Crippen molar-refractivity contribution in [1.82, 2.24) is 0 Å². The Labute approximate surface area is 554 Å². The Morgan fingerprint density at radius 2 is 0.551 bits per heavy atom. The molecule has 0 aromatic rings. The lowest BCUT2D eigenvalue weighted by molar-refractivity contribution is -0.161. The molecule has 0 aliphatic carbocycles. The highest BCUT2D eigenvalue weighted by atomic mass is 31.2. The first-order chi connectivity index (χ1) is 43.8. The lowest BCUT2D eigenvalue weighted by Crippen LogP contribution is -2.29. The molecule has 0 spiro atoms. The van der Waals surface area contributed by atoms with Gasteiger partial charge in [0.25, 0.3) is 0 Å². The van der Waals surface area contributed by atoms with E-state index >= 15 is 0 Å². The van der Waals surface area contributed by atoms with Gasteiger partial charge in [0, 0.05) is 19.4 Å². The van der Waals surface area contributed by atoms with Crippen molar-refractivity contribution in [3.05, 3.63) is 24.3 Å². The van der Waals surface area contributed by atoms with Gasteiger partial charge in [-0.2, -0.15) is 0 Å². The van der Waals surface area contributed by atoms with Crippen LogP contribution in [-0.2, 0) is 32.7 Å².